The molecule has 0 atom stereocenters. The number of carbonyl (C=O) groups is 2. The largest absolute Gasteiger partial charge is 0.335 e. The van der Waals surface area contributed by atoms with Crippen LogP contribution in [-0.2, 0) is 11.3 Å². The first-order valence-corrected chi connectivity index (χ1v) is 12.2. The van der Waals surface area contributed by atoms with Crippen molar-refractivity contribution in [3.63, 3.8) is 0 Å². The molecule has 2 heterocycles. The molecule has 2 aromatic carbocycles. The van der Waals surface area contributed by atoms with Gasteiger partial charge in [-0.25, -0.2) is 4.79 Å². The summed E-state index contributed by atoms with van der Waals surface area (Å²) in [5.74, 6) is -0.0287. The summed E-state index contributed by atoms with van der Waals surface area (Å²) in [5, 5.41) is 14.8. The van der Waals surface area contributed by atoms with E-state index in [1.165, 1.54) is 11.8 Å². The highest BCUT2D eigenvalue weighted by atomic mass is 32.2. The summed E-state index contributed by atoms with van der Waals surface area (Å²) in [6, 6.07) is 16.6. The number of urea groups is 1. The van der Waals surface area contributed by atoms with Crippen LogP contribution in [0.3, 0.4) is 0 Å². The summed E-state index contributed by atoms with van der Waals surface area (Å²) in [6.07, 6.45) is 4.08. The lowest BCUT2D eigenvalue weighted by Crippen LogP contribution is -2.44. The number of rotatable bonds is 6. The third kappa shape index (κ3) is 4.54. The van der Waals surface area contributed by atoms with Crippen molar-refractivity contribution in [1.29, 1.82) is 0 Å². The van der Waals surface area contributed by atoms with Crippen LogP contribution >= 0.6 is 11.8 Å². The molecule has 5 rings (SSSR count). The average Bonchev–Trinajstić information content (AvgIpc) is 3.51. The first-order valence-electron chi connectivity index (χ1n) is 11.2. The fraction of sp³-hybridized carbons (Fsp3) is 0.292. The Morgan fingerprint density at radius 2 is 1.74 bits per heavy atom. The number of para-hydroxylation sites is 1. The first-order chi connectivity index (χ1) is 16.6. The Morgan fingerprint density at radius 3 is 2.53 bits per heavy atom. The molecule has 1 aliphatic carbocycles. The minimum Gasteiger partial charge on any atom is -0.335 e. The van der Waals surface area contributed by atoms with E-state index >= 15 is 0 Å². The van der Waals surface area contributed by atoms with Crippen molar-refractivity contribution >= 4 is 40.4 Å². The highest BCUT2D eigenvalue weighted by Crippen LogP contribution is 2.22. The summed E-state index contributed by atoms with van der Waals surface area (Å²) in [7, 11) is 0. The van der Waals surface area contributed by atoms with Crippen LogP contribution in [0, 0.1) is 0 Å². The maximum absolute atomic E-state index is 13.3. The van der Waals surface area contributed by atoms with Crippen LogP contribution in [0.15, 0.2) is 64.5 Å². The SMILES string of the molecule is O=C(CSc1nnc2n(Cc3ccccc3)c(=O)c3ccccc3n12)NC(=O)NC1CCCC1. The maximum atomic E-state index is 13.3. The number of amides is 3. The Labute approximate surface area is 199 Å². The number of fused-ring (bicyclic) bond motifs is 3. The second-order valence-electron chi connectivity index (χ2n) is 8.30. The van der Waals surface area contributed by atoms with Crippen molar-refractivity contribution in [3.8, 4) is 0 Å². The molecule has 4 aromatic rings. The fourth-order valence-corrected chi connectivity index (χ4v) is 5.06. The van der Waals surface area contributed by atoms with Gasteiger partial charge >= 0.3 is 6.03 Å². The maximum Gasteiger partial charge on any atom is 0.321 e. The summed E-state index contributed by atoms with van der Waals surface area (Å²) in [5.41, 5.74) is 1.47. The highest BCUT2D eigenvalue weighted by Gasteiger charge is 2.20. The molecule has 0 bridgehead atoms. The molecule has 34 heavy (non-hydrogen) atoms. The van der Waals surface area contributed by atoms with Crippen molar-refractivity contribution in [3.05, 3.63) is 70.5 Å². The van der Waals surface area contributed by atoms with Crippen LogP contribution < -0.4 is 16.2 Å². The second-order valence-corrected chi connectivity index (χ2v) is 9.25. The van der Waals surface area contributed by atoms with Gasteiger partial charge < -0.3 is 5.32 Å². The van der Waals surface area contributed by atoms with Crippen LogP contribution in [0.2, 0.25) is 0 Å². The van der Waals surface area contributed by atoms with Gasteiger partial charge in [-0.05, 0) is 30.5 Å². The highest BCUT2D eigenvalue weighted by molar-refractivity contribution is 7.99. The van der Waals surface area contributed by atoms with E-state index < -0.39 is 11.9 Å². The number of thioether (sulfide) groups is 1. The summed E-state index contributed by atoms with van der Waals surface area (Å²) >= 11 is 1.17. The van der Waals surface area contributed by atoms with E-state index in [-0.39, 0.29) is 17.4 Å². The predicted octanol–water partition coefficient (Wildman–Crippen LogP) is 2.95. The van der Waals surface area contributed by atoms with Crippen LogP contribution in [0.1, 0.15) is 31.2 Å². The topological polar surface area (TPSA) is 110 Å². The van der Waals surface area contributed by atoms with Gasteiger partial charge in [0.15, 0.2) is 5.16 Å². The number of carbonyl (C=O) groups excluding carboxylic acids is 2. The number of nitrogens with one attached hydrogen (secondary N) is 2. The zero-order valence-electron chi connectivity index (χ0n) is 18.4. The molecule has 0 unspecified atom stereocenters. The van der Waals surface area contributed by atoms with Crippen LogP contribution in [0.5, 0.6) is 0 Å². The van der Waals surface area contributed by atoms with Gasteiger partial charge in [0.25, 0.3) is 5.56 Å². The van der Waals surface area contributed by atoms with Gasteiger partial charge in [0.2, 0.25) is 11.7 Å². The third-order valence-corrected chi connectivity index (χ3v) is 6.87. The average molecular weight is 477 g/mol. The van der Waals surface area contributed by atoms with Crippen LogP contribution in [0.25, 0.3) is 16.7 Å². The van der Waals surface area contributed by atoms with E-state index in [1.54, 1.807) is 15.0 Å². The Balaban J connectivity index is 1.40. The molecule has 1 fully saturated rings. The van der Waals surface area contributed by atoms with E-state index in [2.05, 4.69) is 20.8 Å². The Hall–Kier alpha value is -3.66. The van der Waals surface area contributed by atoms with Gasteiger partial charge in [0.1, 0.15) is 0 Å². The Kier molecular flexibility index (Phi) is 6.31. The molecule has 0 spiro atoms. The predicted molar refractivity (Wildman–Crippen MR) is 130 cm³/mol. The van der Waals surface area contributed by atoms with E-state index in [1.807, 2.05) is 48.5 Å². The van der Waals surface area contributed by atoms with Crippen molar-refractivity contribution in [2.45, 2.75) is 43.4 Å². The minimum absolute atomic E-state index is 0.00891. The normalized spacial score (nSPS) is 14.0. The summed E-state index contributed by atoms with van der Waals surface area (Å²) < 4.78 is 3.38. The number of aromatic nitrogens is 4. The summed E-state index contributed by atoms with van der Waals surface area (Å²) in [4.78, 5) is 37.7. The smallest absolute Gasteiger partial charge is 0.321 e. The molecule has 9 nitrogen and oxygen atoms in total. The van der Waals surface area contributed by atoms with Gasteiger partial charge in [0, 0.05) is 6.04 Å². The standard InChI is InChI=1S/C24H24N6O3S/c31-20(26-22(33)25-17-10-4-5-11-17)15-34-24-28-27-23-29(14-16-8-2-1-3-9-16)21(32)18-12-6-7-13-19(18)30(23)24/h1-3,6-9,12-13,17H,4-5,10-11,14-15H2,(H2,25,26,31,33). The number of benzene rings is 2. The summed E-state index contributed by atoms with van der Waals surface area (Å²) in [6.45, 7) is 0.346. The van der Waals surface area contributed by atoms with Gasteiger partial charge in [-0.1, -0.05) is 67.1 Å². The fourth-order valence-electron chi connectivity index (χ4n) is 4.32. The Bertz CT molecular complexity index is 1410. The quantitative estimate of drug-likeness (QED) is 0.414. The van der Waals surface area contributed by atoms with Crippen molar-refractivity contribution in [1.82, 2.24) is 29.8 Å². The molecule has 1 aliphatic rings. The number of nitrogens with zero attached hydrogens (tertiary/aromatic N) is 4. The molecule has 2 N–H and O–H groups in total. The minimum atomic E-state index is -0.467. The Morgan fingerprint density at radius 1 is 1.00 bits per heavy atom. The van der Waals surface area contributed by atoms with Gasteiger partial charge in [-0.2, -0.15) is 0 Å². The van der Waals surface area contributed by atoms with Gasteiger partial charge in [-0.3, -0.25) is 23.9 Å². The molecular formula is C24H24N6O3S. The monoisotopic (exact) mass is 476 g/mol. The van der Waals surface area contributed by atoms with E-state index in [0.717, 1.165) is 31.2 Å². The lowest BCUT2D eigenvalue weighted by molar-refractivity contribution is -0.117. The number of hydrogen-bond acceptors (Lipinski definition) is 6. The zero-order valence-corrected chi connectivity index (χ0v) is 19.3. The lowest BCUT2D eigenvalue weighted by atomic mass is 10.2. The molecule has 3 amide bonds. The van der Waals surface area contributed by atoms with Gasteiger partial charge in [0.05, 0.1) is 23.2 Å². The molecule has 0 radical (unpaired) electrons. The number of imide groups is 1. The first kappa shape index (κ1) is 22.1. The molecule has 10 heteroatoms. The lowest BCUT2D eigenvalue weighted by Gasteiger charge is -2.12. The third-order valence-electron chi connectivity index (χ3n) is 5.94. The molecule has 174 valence electrons. The second kappa shape index (κ2) is 9.68. The van der Waals surface area contributed by atoms with Crippen molar-refractivity contribution in [2.75, 3.05) is 5.75 Å². The van der Waals surface area contributed by atoms with E-state index in [0.29, 0.717) is 28.4 Å². The van der Waals surface area contributed by atoms with E-state index in [9.17, 15) is 14.4 Å². The molecule has 0 aliphatic heterocycles. The molecule has 1 saturated carbocycles. The van der Waals surface area contributed by atoms with Crippen LogP contribution in [-0.4, -0.2) is 42.9 Å². The number of hydrogen-bond donors (Lipinski definition) is 2. The van der Waals surface area contributed by atoms with Crippen molar-refractivity contribution in [2.24, 2.45) is 0 Å². The van der Waals surface area contributed by atoms with E-state index in [4.69, 9.17) is 0 Å². The van der Waals surface area contributed by atoms with Crippen LogP contribution in [0.4, 0.5) is 4.79 Å². The van der Waals surface area contributed by atoms with Crippen molar-refractivity contribution < 1.29 is 9.59 Å². The van der Waals surface area contributed by atoms with Gasteiger partial charge in [-0.15, -0.1) is 10.2 Å². The molecule has 2 aromatic heterocycles. The molecular weight excluding hydrogens is 452 g/mol. The molecule has 0 saturated heterocycles. The zero-order chi connectivity index (χ0) is 23.5.